The fourth-order valence-corrected chi connectivity index (χ4v) is 3.83. The van der Waals surface area contributed by atoms with Crippen molar-refractivity contribution in [3.8, 4) is 0 Å². The maximum atomic E-state index is 13.3. The lowest BCUT2D eigenvalue weighted by atomic mass is 9.73. The lowest BCUT2D eigenvalue weighted by molar-refractivity contribution is -0.140. The van der Waals surface area contributed by atoms with Crippen LogP contribution in [0, 0.1) is 0 Å². The molecule has 0 unspecified atom stereocenters. The number of rotatable bonds is 4. The Labute approximate surface area is 158 Å². The van der Waals surface area contributed by atoms with Crippen LogP contribution in [-0.4, -0.2) is 31.1 Å². The highest BCUT2D eigenvalue weighted by atomic mass is 79.9. The molecule has 3 rings (SSSR count). The van der Waals surface area contributed by atoms with Crippen molar-refractivity contribution in [2.24, 2.45) is 0 Å². The molecule has 0 aliphatic carbocycles. The number of carbonyl (C=O) groups excluding carboxylic acids is 1. The van der Waals surface area contributed by atoms with Gasteiger partial charge < -0.3 is 14.1 Å². The first-order chi connectivity index (χ1) is 11.5. The molecule has 2 heterocycles. The van der Waals surface area contributed by atoms with Gasteiger partial charge in [-0.15, -0.1) is 0 Å². The van der Waals surface area contributed by atoms with Crippen molar-refractivity contribution < 1.29 is 13.9 Å². The normalized spacial score (nSPS) is 16.8. The van der Waals surface area contributed by atoms with Gasteiger partial charge in [0.1, 0.15) is 5.76 Å². The molecular weight excluding hydrogens is 438 g/mol. The Morgan fingerprint density at radius 1 is 1.12 bits per heavy atom. The van der Waals surface area contributed by atoms with Crippen LogP contribution in [-0.2, 0) is 21.5 Å². The molecule has 128 valence electrons. The van der Waals surface area contributed by atoms with E-state index in [1.54, 1.807) is 4.90 Å². The van der Waals surface area contributed by atoms with Crippen LogP contribution in [0.15, 0.2) is 50.0 Å². The second-order valence-corrected chi connectivity index (χ2v) is 7.77. The number of furan rings is 1. The largest absolute Gasteiger partial charge is 0.452 e. The van der Waals surface area contributed by atoms with Crippen LogP contribution in [0.1, 0.15) is 24.2 Å². The van der Waals surface area contributed by atoms with Gasteiger partial charge in [-0.3, -0.25) is 4.79 Å². The van der Waals surface area contributed by atoms with Crippen molar-refractivity contribution in [3.05, 3.63) is 56.9 Å². The smallest absolute Gasteiger partial charge is 0.233 e. The number of carbonyl (C=O) groups is 1. The highest BCUT2D eigenvalue weighted by Crippen LogP contribution is 2.37. The Balaban J connectivity index is 1.87. The van der Waals surface area contributed by atoms with Crippen LogP contribution in [0.25, 0.3) is 0 Å². The van der Waals surface area contributed by atoms with Gasteiger partial charge in [0.2, 0.25) is 5.91 Å². The lowest BCUT2D eigenvalue weighted by Crippen LogP contribution is -2.48. The SMILES string of the molecule is CN(Cc1ccc(Br)o1)C(=O)C1(c2ccc(Br)cc2)CCOCC1. The van der Waals surface area contributed by atoms with Crippen LogP contribution in [0.5, 0.6) is 0 Å². The molecule has 6 heteroatoms. The zero-order valence-corrected chi connectivity index (χ0v) is 16.6. The van der Waals surface area contributed by atoms with E-state index in [1.165, 1.54) is 0 Å². The van der Waals surface area contributed by atoms with E-state index in [9.17, 15) is 4.79 Å². The standard InChI is InChI=1S/C18H19Br2NO3/c1-21(12-15-6-7-16(20)24-15)17(22)18(8-10-23-11-9-18)13-2-4-14(19)5-3-13/h2-7H,8-12H2,1H3. The van der Waals surface area contributed by atoms with Crippen molar-refractivity contribution >= 4 is 37.8 Å². The van der Waals surface area contributed by atoms with E-state index in [0.717, 1.165) is 15.8 Å². The fourth-order valence-electron chi connectivity index (χ4n) is 3.22. The van der Waals surface area contributed by atoms with E-state index in [4.69, 9.17) is 9.15 Å². The topological polar surface area (TPSA) is 42.7 Å². The Morgan fingerprint density at radius 3 is 2.38 bits per heavy atom. The summed E-state index contributed by atoms with van der Waals surface area (Å²) in [5, 5.41) is 0. The Kier molecular flexibility index (Phi) is 5.47. The second-order valence-electron chi connectivity index (χ2n) is 6.07. The highest BCUT2D eigenvalue weighted by molar-refractivity contribution is 9.10. The Hall–Kier alpha value is -1.11. The van der Waals surface area contributed by atoms with Crippen molar-refractivity contribution in [1.82, 2.24) is 4.90 Å². The van der Waals surface area contributed by atoms with Crippen LogP contribution in [0.4, 0.5) is 0 Å². The van der Waals surface area contributed by atoms with E-state index in [1.807, 2.05) is 43.4 Å². The van der Waals surface area contributed by atoms with Crippen LogP contribution < -0.4 is 0 Å². The monoisotopic (exact) mass is 455 g/mol. The first-order valence-electron chi connectivity index (χ1n) is 7.85. The quantitative estimate of drug-likeness (QED) is 0.679. The summed E-state index contributed by atoms with van der Waals surface area (Å²) in [6.07, 6.45) is 1.39. The average molecular weight is 457 g/mol. The number of benzene rings is 1. The van der Waals surface area contributed by atoms with Gasteiger partial charge in [-0.2, -0.15) is 0 Å². The molecule has 1 amide bonds. The molecule has 0 spiro atoms. The van der Waals surface area contributed by atoms with Crippen LogP contribution >= 0.6 is 31.9 Å². The summed E-state index contributed by atoms with van der Waals surface area (Å²) in [6.45, 7) is 1.65. The molecule has 0 saturated carbocycles. The van der Waals surface area contributed by atoms with Crippen molar-refractivity contribution in [2.75, 3.05) is 20.3 Å². The zero-order chi connectivity index (χ0) is 17.2. The summed E-state index contributed by atoms with van der Waals surface area (Å²) >= 11 is 6.76. The molecule has 1 fully saturated rings. The Morgan fingerprint density at radius 2 is 1.79 bits per heavy atom. The highest BCUT2D eigenvalue weighted by Gasteiger charge is 2.43. The van der Waals surface area contributed by atoms with Crippen molar-refractivity contribution in [3.63, 3.8) is 0 Å². The van der Waals surface area contributed by atoms with E-state index >= 15 is 0 Å². The first-order valence-corrected chi connectivity index (χ1v) is 9.43. The molecule has 24 heavy (non-hydrogen) atoms. The van der Waals surface area contributed by atoms with Gasteiger partial charge in [-0.25, -0.2) is 0 Å². The fraction of sp³-hybridized carbons (Fsp3) is 0.389. The third-order valence-corrected chi connectivity index (χ3v) is 5.48. The number of halogens is 2. The second kappa shape index (κ2) is 7.42. The molecular formula is C18H19Br2NO3. The minimum absolute atomic E-state index is 0.112. The van der Waals surface area contributed by atoms with Crippen LogP contribution in [0.2, 0.25) is 0 Å². The maximum Gasteiger partial charge on any atom is 0.233 e. The molecule has 1 aromatic heterocycles. The molecule has 0 atom stereocenters. The number of hydrogen-bond donors (Lipinski definition) is 0. The van der Waals surface area contributed by atoms with E-state index in [-0.39, 0.29) is 5.91 Å². The summed E-state index contributed by atoms with van der Waals surface area (Å²) < 4.78 is 12.7. The molecule has 2 aromatic rings. The van der Waals surface area contributed by atoms with Crippen molar-refractivity contribution in [1.29, 1.82) is 0 Å². The molecule has 0 radical (unpaired) electrons. The van der Waals surface area contributed by atoms with Gasteiger partial charge in [0, 0.05) is 24.7 Å². The molecule has 1 saturated heterocycles. The lowest BCUT2D eigenvalue weighted by Gasteiger charge is -2.39. The number of amides is 1. The third-order valence-electron chi connectivity index (χ3n) is 4.52. The summed E-state index contributed by atoms with van der Waals surface area (Å²) in [5.74, 6) is 0.872. The van der Waals surface area contributed by atoms with E-state index in [2.05, 4.69) is 31.9 Å². The minimum Gasteiger partial charge on any atom is -0.452 e. The number of likely N-dealkylation sites (N-methyl/N-ethyl adjacent to an activating group) is 1. The molecule has 1 aliphatic heterocycles. The van der Waals surface area contributed by atoms with Gasteiger partial charge in [-0.1, -0.05) is 28.1 Å². The van der Waals surface area contributed by atoms with Gasteiger partial charge in [0.25, 0.3) is 0 Å². The molecule has 4 nitrogen and oxygen atoms in total. The Bertz CT molecular complexity index is 705. The predicted molar refractivity (Wildman–Crippen MR) is 98.8 cm³/mol. The van der Waals surface area contributed by atoms with Gasteiger partial charge >= 0.3 is 0 Å². The van der Waals surface area contributed by atoms with E-state index in [0.29, 0.717) is 37.3 Å². The maximum absolute atomic E-state index is 13.3. The predicted octanol–water partition coefficient (Wildman–Crippen LogP) is 4.51. The summed E-state index contributed by atoms with van der Waals surface area (Å²) in [4.78, 5) is 15.1. The zero-order valence-electron chi connectivity index (χ0n) is 13.4. The third kappa shape index (κ3) is 3.60. The average Bonchev–Trinajstić information content (AvgIpc) is 3.00. The summed E-state index contributed by atoms with van der Waals surface area (Å²) in [5.41, 5.74) is 0.517. The molecule has 1 aliphatic rings. The van der Waals surface area contributed by atoms with Gasteiger partial charge in [0.15, 0.2) is 4.67 Å². The number of ether oxygens (including phenoxy) is 1. The van der Waals surface area contributed by atoms with Gasteiger partial charge in [0.05, 0.1) is 12.0 Å². The summed E-state index contributed by atoms with van der Waals surface area (Å²) in [7, 11) is 1.83. The van der Waals surface area contributed by atoms with Crippen molar-refractivity contribution in [2.45, 2.75) is 24.8 Å². The number of hydrogen-bond acceptors (Lipinski definition) is 3. The number of nitrogens with zero attached hydrogens (tertiary/aromatic N) is 1. The molecule has 1 aromatic carbocycles. The van der Waals surface area contributed by atoms with Gasteiger partial charge in [-0.05, 0) is 58.6 Å². The molecule has 0 N–H and O–H groups in total. The first kappa shape index (κ1) is 17.7. The summed E-state index contributed by atoms with van der Waals surface area (Å²) in [6, 6.07) is 11.8. The van der Waals surface area contributed by atoms with E-state index < -0.39 is 5.41 Å². The minimum atomic E-state index is -0.530. The van der Waals surface area contributed by atoms with Crippen LogP contribution in [0.3, 0.4) is 0 Å². The molecule has 0 bridgehead atoms.